The molecule has 80 valence electrons. The van der Waals surface area contributed by atoms with Crippen molar-refractivity contribution >= 4 is 0 Å². The van der Waals surface area contributed by atoms with Gasteiger partial charge in [0.2, 0.25) is 0 Å². The minimum Gasteiger partial charge on any atom is -0.508 e. The summed E-state index contributed by atoms with van der Waals surface area (Å²) in [6, 6.07) is 7.81. The highest BCUT2D eigenvalue weighted by atomic mass is 16.3. The standard InChI is InChI=1S/C13H17NO/c15-12-3-1-2-11(8-12)13-9-14-6-4-10(13)5-7-14/h1-3,8,10,13,15H,4-7,9H2. The van der Waals surface area contributed by atoms with Crippen molar-refractivity contribution < 1.29 is 5.11 Å². The summed E-state index contributed by atoms with van der Waals surface area (Å²) in [4.78, 5) is 2.55. The van der Waals surface area contributed by atoms with E-state index in [1.54, 1.807) is 6.07 Å². The van der Waals surface area contributed by atoms with Crippen LogP contribution in [0.5, 0.6) is 5.75 Å². The lowest BCUT2D eigenvalue weighted by Gasteiger charge is -2.45. The maximum absolute atomic E-state index is 9.50. The molecule has 4 rings (SSSR count). The average molecular weight is 203 g/mol. The Kier molecular flexibility index (Phi) is 2.17. The molecule has 3 heterocycles. The molecule has 0 spiro atoms. The van der Waals surface area contributed by atoms with E-state index in [0.29, 0.717) is 11.7 Å². The highest BCUT2D eigenvalue weighted by Gasteiger charge is 2.34. The summed E-state index contributed by atoms with van der Waals surface area (Å²) >= 11 is 0. The molecule has 1 aromatic rings. The van der Waals surface area contributed by atoms with E-state index in [1.165, 1.54) is 38.0 Å². The summed E-state index contributed by atoms with van der Waals surface area (Å²) in [6.45, 7) is 3.74. The number of nitrogens with zero attached hydrogens (tertiary/aromatic N) is 1. The van der Waals surface area contributed by atoms with Gasteiger partial charge < -0.3 is 10.0 Å². The molecule has 0 saturated carbocycles. The zero-order chi connectivity index (χ0) is 10.3. The van der Waals surface area contributed by atoms with Crippen molar-refractivity contribution in [2.24, 2.45) is 5.92 Å². The highest BCUT2D eigenvalue weighted by Crippen LogP contribution is 2.39. The largest absolute Gasteiger partial charge is 0.508 e. The minimum absolute atomic E-state index is 0.406. The van der Waals surface area contributed by atoms with Crippen molar-refractivity contribution in [3.63, 3.8) is 0 Å². The van der Waals surface area contributed by atoms with Crippen LogP contribution in [0.3, 0.4) is 0 Å². The van der Waals surface area contributed by atoms with Gasteiger partial charge >= 0.3 is 0 Å². The third kappa shape index (κ3) is 1.63. The van der Waals surface area contributed by atoms with Crippen LogP contribution in [-0.2, 0) is 0 Å². The van der Waals surface area contributed by atoms with Gasteiger partial charge in [-0.05, 0) is 55.5 Å². The quantitative estimate of drug-likeness (QED) is 0.756. The molecule has 1 N–H and O–H groups in total. The fourth-order valence-corrected chi connectivity index (χ4v) is 3.10. The summed E-state index contributed by atoms with van der Waals surface area (Å²) in [5.74, 6) is 1.90. The van der Waals surface area contributed by atoms with E-state index in [9.17, 15) is 5.11 Å². The summed E-state index contributed by atoms with van der Waals surface area (Å²) in [7, 11) is 0. The van der Waals surface area contributed by atoms with E-state index in [-0.39, 0.29) is 0 Å². The maximum atomic E-state index is 9.50. The van der Waals surface area contributed by atoms with Crippen LogP contribution in [0.25, 0.3) is 0 Å². The molecule has 3 fully saturated rings. The second-order valence-electron chi connectivity index (χ2n) is 4.84. The van der Waals surface area contributed by atoms with Gasteiger partial charge in [0, 0.05) is 6.54 Å². The van der Waals surface area contributed by atoms with Crippen molar-refractivity contribution in [1.82, 2.24) is 4.90 Å². The topological polar surface area (TPSA) is 23.5 Å². The summed E-state index contributed by atoms with van der Waals surface area (Å²) in [5, 5.41) is 9.50. The van der Waals surface area contributed by atoms with E-state index < -0.39 is 0 Å². The Balaban J connectivity index is 1.88. The number of aromatic hydroxyl groups is 1. The molecule has 3 saturated heterocycles. The summed E-state index contributed by atoms with van der Waals surface area (Å²) in [6.07, 6.45) is 2.67. The van der Waals surface area contributed by atoms with Gasteiger partial charge in [0.15, 0.2) is 0 Å². The first-order valence-corrected chi connectivity index (χ1v) is 5.84. The Morgan fingerprint density at radius 1 is 1.20 bits per heavy atom. The van der Waals surface area contributed by atoms with Crippen LogP contribution in [0.1, 0.15) is 24.3 Å². The predicted octanol–water partition coefficient (Wildman–Crippen LogP) is 2.20. The summed E-state index contributed by atoms with van der Waals surface area (Å²) < 4.78 is 0. The van der Waals surface area contributed by atoms with Crippen LogP contribution < -0.4 is 0 Å². The first-order valence-electron chi connectivity index (χ1n) is 5.84. The van der Waals surface area contributed by atoms with Crippen LogP contribution in [0, 0.1) is 5.92 Å². The molecule has 0 aromatic heterocycles. The maximum Gasteiger partial charge on any atom is 0.115 e. The molecule has 0 radical (unpaired) electrons. The lowest BCUT2D eigenvalue weighted by atomic mass is 9.75. The molecule has 1 aromatic carbocycles. The Hall–Kier alpha value is -1.02. The number of rotatable bonds is 1. The fourth-order valence-electron chi connectivity index (χ4n) is 3.10. The smallest absolute Gasteiger partial charge is 0.115 e. The fraction of sp³-hybridized carbons (Fsp3) is 0.538. The van der Waals surface area contributed by atoms with Crippen LogP contribution >= 0.6 is 0 Å². The molecule has 2 bridgehead atoms. The second kappa shape index (κ2) is 3.53. The Morgan fingerprint density at radius 3 is 2.60 bits per heavy atom. The van der Waals surface area contributed by atoms with Gasteiger partial charge in [-0.15, -0.1) is 0 Å². The number of phenols is 1. The van der Waals surface area contributed by atoms with Crippen molar-refractivity contribution in [3.05, 3.63) is 29.8 Å². The molecule has 1 atom stereocenters. The van der Waals surface area contributed by atoms with Gasteiger partial charge in [-0.25, -0.2) is 0 Å². The number of benzene rings is 1. The molecule has 2 heteroatoms. The van der Waals surface area contributed by atoms with E-state index in [1.807, 2.05) is 12.1 Å². The Labute approximate surface area is 90.5 Å². The SMILES string of the molecule is Oc1cccc(C2CN3CCC2CC3)c1. The van der Waals surface area contributed by atoms with Gasteiger partial charge in [-0.1, -0.05) is 12.1 Å². The zero-order valence-corrected chi connectivity index (χ0v) is 8.89. The molecule has 3 aliphatic rings. The zero-order valence-electron chi connectivity index (χ0n) is 8.89. The first kappa shape index (κ1) is 9.22. The summed E-state index contributed by atoms with van der Waals surface area (Å²) in [5.41, 5.74) is 1.32. The van der Waals surface area contributed by atoms with E-state index in [4.69, 9.17) is 0 Å². The van der Waals surface area contributed by atoms with E-state index >= 15 is 0 Å². The van der Waals surface area contributed by atoms with Crippen molar-refractivity contribution in [3.8, 4) is 5.75 Å². The van der Waals surface area contributed by atoms with Gasteiger partial charge in [0.05, 0.1) is 0 Å². The van der Waals surface area contributed by atoms with Crippen LogP contribution in [0.15, 0.2) is 24.3 Å². The molecule has 1 unspecified atom stereocenters. The Morgan fingerprint density at radius 2 is 2.00 bits per heavy atom. The van der Waals surface area contributed by atoms with Crippen molar-refractivity contribution in [2.45, 2.75) is 18.8 Å². The van der Waals surface area contributed by atoms with Crippen molar-refractivity contribution in [1.29, 1.82) is 0 Å². The van der Waals surface area contributed by atoms with Gasteiger partial charge in [0.1, 0.15) is 5.75 Å². The lowest BCUT2D eigenvalue weighted by Crippen LogP contribution is -2.46. The van der Waals surface area contributed by atoms with Crippen LogP contribution in [0.4, 0.5) is 0 Å². The van der Waals surface area contributed by atoms with Gasteiger partial charge in [-0.3, -0.25) is 0 Å². The normalized spacial score (nSPS) is 34.3. The predicted molar refractivity (Wildman–Crippen MR) is 60.0 cm³/mol. The first-order chi connectivity index (χ1) is 7.33. The van der Waals surface area contributed by atoms with Crippen molar-refractivity contribution in [2.75, 3.05) is 19.6 Å². The molecular formula is C13H17NO. The van der Waals surface area contributed by atoms with Crippen LogP contribution in [0.2, 0.25) is 0 Å². The van der Waals surface area contributed by atoms with Gasteiger partial charge in [0.25, 0.3) is 0 Å². The number of hydrogen-bond donors (Lipinski definition) is 1. The van der Waals surface area contributed by atoms with E-state index in [2.05, 4.69) is 11.0 Å². The van der Waals surface area contributed by atoms with Gasteiger partial charge in [-0.2, -0.15) is 0 Å². The average Bonchev–Trinajstić information content (AvgIpc) is 2.30. The lowest BCUT2D eigenvalue weighted by molar-refractivity contribution is 0.0870. The number of phenolic OH excluding ortho intramolecular Hbond substituents is 1. The molecule has 0 amide bonds. The number of piperidine rings is 3. The Bertz CT molecular complexity index is 355. The third-order valence-electron chi connectivity index (χ3n) is 3.95. The second-order valence-corrected chi connectivity index (χ2v) is 4.84. The number of hydrogen-bond acceptors (Lipinski definition) is 2. The highest BCUT2D eigenvalue weighted by molar-refractivity contribution is 5.31. The van der Waals surface area contributed by atoms with E-state index in [0.717, 1.165) is 5.92 Å². The molecule has 15 heavy (non-hydrogen) atoms. The third-order valence-corrected chi connectivity index (χ3v) is 3.95. The van der Waals surface area contributed by atoms with Crippen LogP contribution in [-0.4, -0.2) is 29.6 Å². The molecular weight excluding hydrogens is 186 g/mol. The number of fused-ring (bicyclic) bond motifs is 3. The minimum atomic E-state index is 0.406. The monoisotopic (exact) mass is 203 g/mol. The molecule has 3 aliphatic heterocycles. The molecule has 2 nitrogen and oxygen atoms in total. The molecule has 0 aliphatic carbocycles.